The Morgan fingerprint density at radius 2 is 1.67 bits per heavy atom. The van der Waals surface area contributed by atoms with Gasteiger partial charge in [0, 0.05) is 11.3 Å². The molecule has 0 fully saturated rings. The van der Waals surface area contributed by atoms with Gasteiger partial charge in [0.15, 0.2) is 5.78 Å². The Morgan fingerprint density at radius 3 is 2.29 bits per heavy atom. The molecule has 0 aliphatic carbocycles. The quantitative estimate of drug-likeness (QED) is 0.656. The second kappa shape index (κ2) is 7.59. The van der Waals surface area contributed by atoms with Crippen LogP contribution in [-0.2, 0) is 11.3 Å². The standard InChI is InChI=1S/C16H14BrNO3/c17-10-15(19)13-6-8-14(9-7-13)18-16(20)21-11-12-4-2-1-3-5-12/h1-9H,10-11H2,(H,18,20). The second-order valence-electron chi connectivity index (χ2n) is 4.32. The van der Waals surface area contributed by atoms with Gasteiger partial charge >= 0.3 is 6.09 Å². The summed E-state index contributed by atoms with van der Waals surface area (Å²) in [6.45, 7) is 0.215. The molecule has 21 heavy (non-hydrogen) atoms. The summed E-state index contributed by atoms with van der Waals surface area (Å²) in [5.41, 5.74) is 2.10. The van der Waals surface area contributed by atoms with Gasteiger partial charge in [-0.15, -0.1) is 0 Å². The van der Waals surface area contributed by atoms with Crippen LogP contribution in [-0.4, -0.2) is 17.2 Å². The first-order chi connectivity index (χ1) is 10.2. The average Bonchev–Trinajstić information content (AvgIpc) is 2.54. The number of rotatable bonds is 5. The summed E-state index contributed by atoms with van der Waals surface area (Å²) < 4.78 is 5.11. The van der Waals surface area contributed by atoms with Crippen molar-refractivity contribution in [3.63, 3.8) is 0 Å². The smallest absolute Gasteiger partial charge is 0.411 e. The van der Waals surface area contributed by atoms with E-state index in [-0.39, 0.29) is 17.7 Å². The fourth-order valence-corrected chi connectivity index (χ4v) is 2.02. The zero-order chi connectivity index (χ0) is 15.1. The van der Waals surface area contributed by atoms with Crippen LogP contribution in [0.4, 0.5) is 10.5 Å². The lowest BCUT2D eigenvalue weighted by Gasteiger charge is -2.07. The molecule has 2 aromatic carbocycles. The van der Waals surface area contributed by atoms with Crippen molar-refractivity contribution in [2.24, 2.45) is 0 Å². The van der Waals surface area contributed by atoms with Gasteiger partial charge in [-0.2, -0.15) is 0 Å². The number of carbonyl (C=O) groups excluding carboxylic acids is 2. The molecule has 2 rings (SSSR count). The lowest BCUT2D eigenvalue weighted by atomic mass is 10.1. The highest BCUT2D eigenvalue weighted by atomic mass is 79.9. The largest absolute Gasteiger partial charge is 0.444 e. The van der Waals surface area contributed by atoms with E-state index >= 15 is 0 Å². The Balaban J connectivity index is 1.86. The molecule has 0 bridgehead atoms. The molecule has 0 atom stereocenters. The van der Waals surface area contributed by atoms with E-state index in [0.717, 1.165) is 5.56 Å². The van der Waals surface area contributed by atoms with Crippen LogP contribution >= 0.6 is 15.9 Å². The molecule has 0 aliphatic heterocycles. The summed E-state index contributed by atoms with van der Waals surface area (Å²) in [5.74, 6) is -0.00629. The average molecular weight is 348 g/mol. The van der Waals surface area contributed by atoms with E-state index in [1.807, 2.05) is 30.3 Å². The van der Waals surface area contributed by atoms with Gasteiger partial charge in [-0.3, -0.25) is 10.1 Å². The number of ketones is 1. The molecule has 4 nitrogen and oxygen atoms in total. The summed E-state index contributed by atoms with van der Waals surface area (Å²) >= 11 is 3.11. The highest BCUT2D eigenvalue weighted by molar-refractivity contribution is 9.09. The first kappa shape index (κ1) is 15.3. The van der Waals surface area contributed by atoms with Gasteiger partial charge in [-0.05, 0) is 29.8 Å². The first-order valence-corrected chi connectivity index (χ1v) is 7.48. The summed E-state index contributed by atoms with van der Waals surface area (Å²) in [7, 11) is 0. The molecule has 0 spiro atoms. The van der Waals surface area contributed by atoms with E-state index < -0.39 is 6.09 Å². The number of benzene rings is 2. The molecular weight excluding hydrogens is 334 g/mol. The fraction of sp³-hybridized carbons (Fsp3) is 0.125. The van der Waals surface area contributed by atoms with E-state index in [2.05, 4.69) is 21.2 Å². The van der Waals surface area contributed by atoms with Crippen molar-refractivity contribution in [2.45, 2.75) is 6.61 Å². The van der Waals surface area contributed by atoms with Crippen molar-refractivity contribution in [1.29, 1.82) is 0 Å². The Morgan fingerprint density at radius 1 is 1.00 bits per heavy atom. The number of amides is 1. The third kappa shape index (κ3) is 4.72. The summed E-state index contributed by atoms with van der Waals surface area (Å²) in [6, 6.07) is 16.1. The van der Waals surface area contributed by atoms with Gasteiger partial charge in [0.25, 0.3) is 0 Å². The molecule has 1 N–H and O–H groups in total. The minimum absolute atomic E-state index is 0.00629. The molecule has 1 amide bonds. The normalized spacial score (nSPS) is 9.95. The molecule has 5 heteroatoms. The molecule has 0 saturated carbocycles. The minimum Gasteiger partial charge on any atom is -0.444 e. The predicted molar refractivity (Wildman–Crippen MR) is 84.8 cm³/mol. The third-order valence-corrected chi connectivity index (χ3v) is 3.30. The number of hydrogen-bond acceptors (Lipinski definition) is 3. The maximum absolute atomic E-state index is 11.7. The van der Waals surface area contributed by atoms with E-state index in [1.165, 1.54) is 0 Å². The molecular formula is C16H14BrNO3. The van der Waals surface area contributed by atoms with Crippen LogP contribution in [0.1, 0.15) is 15.9 Å². The van der Waals surface area contributed by atoms with E-state index in [0.29, 0.717) is 11.3 Å². The van der Waals surface area contributed by atoms with Crippen LogP contribution in [0, 0.1) is 0 Å². The number of halogens is 1. The first-order valence-electron chi connectivity index (χ1n) is 6.36. The molecule has 108 valence electrons. The summed E-state index contributed by atoms with van der Waals surface area (Å²) in [6.07, 6.45) is -0.529. The number of carbonyl (C=O) groups is 2. The minimum atomic E-state index is -0.529. The Bertz CT molecular complexity index is 611. The van der Waals surface area contributed by atoms with Crippen LogP contribution in [0.15, 0.2) is 54.6 Å². The van der Waals surface area contributed by atoms with Crippen molar-refractivity contribution in [3.05, 3.63) is 65.7 Å². The number of nitrogens with one attached hydrogen (secondary N) is 1. The van der Waals surface area contributed by atoms with Gasteiger partial charge in [0.2, 0.25) is 0 Å². The van der Waals surface area contributed by atoms with Gasteiger partial charge in [0.05, 0.1) is 5.33 Å². The second-order valence-corrected chi connectivity index (χ2v) is 4.88. The van der Waals surface area contributed by atoms with Gasteiger partial charge < -0.3 is 4.74 Å². The number of ether oxygens (including phenoxy) is 1. The molecule has 2 aromatic rings. The monoisotopic (exact) mass is 347 g/mol. The van der Waals surface area contributed by atoms with Crippen molar-refractivity contribution in [2.75, 3.05) is 10.6 Å². The zero-order valence-electron chi connectivity index (χ0n) is 11.2. The highest BCUT2D eigenvalue weighted by Gasteiger charge is 2.06. The van der Waals surface area contributed by atoms with Crippen molar-refractivity contribution in [1.82, 2.24) is 0 Å². The number of Topliss-reactive ketones (excluding diaryl/α,β-unsaturated/α-hetero) is 1. The van der Waals surface area contributed by atoms with Crippen LogP contribution < -0.4 is 5.32 Å². The number of alkyl halides is 1. The zero-order valence-corrected chi connectivity index (χ0v) is 12.8. The Hall–Kier alpha value is -2.14. The number of anilines is 1. The SMILES string of the molecule is O=C(Nc1ccc(C(=O)CBr)cc1)OCc1ccccc1. The van der Waals surface area contributed by atoms with Gasteiger partial charge in [0.1, 0.15) is 6.61 Å². The molecule has 0 saturated heterocycles. The predicted octanol–water partition coefficient (Wildman–Crippen LogP) is 4.01. The lowest BCUT2D eigenvalue weighted by Crippen LogP contribution is -2.13. The Kier molecular flexibility index (Phi) is 5.51. The number of hydrogen-bond donors (Lipinski definition) is 1. The maximum Gasteiger partial charge on any atom is 0.411 e. The lowest BCUT2D eigenvalue weighted by molar-refractivity contribution is 0.102. The van der Waals surface area contributed by atoms with E-state index in [4.69, 9.17) is 4.74 Å². The molecule has 0 unspecified atom stereocenters. The summed E-state index contributed by atoms with van der Waals surface area (Å²) in [4.78, 5) is 23.1. The molecule has 0 aromatic heterocycles. The van der Waals surface area contributed by atoms with Gasteiger partial charge in [-0.25, -0.2) is 4.79 Å². The van der Waals surface area contributed by atoms with Gasteiger partial charge in [-0.1, -0.05) is 46.3 Å². The molecule has 0 heterocycles. The van der Waals surface area contributed by atoms with Crippen molar-refractivity contribution in [3.8, 4) is 0 Å². The molecule has 0 radical (unpaired) electrons. The third-order valence-electron chi connectivity index (χ3n) is 2.79. The van der Waals surface area contributed by atoms with Crippen LogP contribution in [0.5, 0.6) is 0 Å². The van der Waals surface area contributed by atoms with Crippen molar-refractivity contribution >= 4 is 33.5 Å². The van der Waals surface area contributed by atoms with Crippen LogP contribution in [0.3, 0.4) is 0 Å². The summed E-state index contributed by atoms with van der Waals surface area (Å²) in [5, 5.41) is 2.89. The highest BCUT2D eigenvalue weighted by Crippen LogP contribution is 2.11. The van der Waals surface area contributed by atoms with E-state index in [1.54, 1.807) is 24.3 Å². The topological polar surface area (TPSA) is 55.4 Å². The maximum atomic E-state index is 11.7. The molecule has 0 aliphatic rings. The van der Waals surface area contributed by atoms with Crippen molar-refractivity contribution < 1.29 is 14.3 Å². The van der Waals surface area contributed by atoms with E-state index in [9.17, 15) is 9.59 Å². The van der Waals surface area contributed by atoms with Crippen LogP contribution in [0.2, 0.25) is 0 Å². The Labute approximate surface area is 131 Å². The fourth-order valence-electron chi connectivity index (χ4n) is 1.69. The van der Waals surface area contributed by atoms with Crippen LogP contribution in [0.25, 0.3) is 0 Å².